The Morgan fingerprint density at radius 2 is 1.23 bits per heavy atom. The molecule has 240 valence electrons. The van der Waals surface area contributed by atoms with Gasteiger partial charge in [-0.15, -0.1) is 0 Å². The van der Waals surface area contributed by atoms with Crippen molar-refractivity contribution in [1.82, 2.24) is 0 Å². The van der Waals surface area contributed by atoms with Crippen LogP contribution in [-0.4, -0.2) is 66.2 Å². The zero-order valence-electron chi connectivity index (χ0n) is 23.1. The number of hydrogen-bond acceptors (Lipinski definition) is 12. The molecule has 2 aliphatic heterocycles. The van der Waals surface area contributed by atoms with Gasteiger partial charge in [0.1, 0.15) is 5.69 Å². The van der Waals surface area contributed by atoms with Gasteiger partial charge in [-0.1, -0.05) is 0 Å². The quantitative estimate of drug-likeness (QED) is 0.235. The second kappa shape index (κ2) is 16.5. The van der Waals surface area contributed by atoms with Crippen LogP contribution >= 0.6 is 0 Å². The van der Waals surface area contributed by atoms with Crippen LogP contribution in [0.1, 0.15) is 25.7 Å². The van der Waals surface area contributed by atoms with Crippen LogP contribution in [0.2, 0.25) is 0 Å². The number of benzene rings is 2. The van der Waals surface area contributed by atoms with Crippen molar-refractivity contribution in [3.63, 3.8) is 0 Å². The van der Waals surface area contributed by atoms with E-state index in [-0.39, 0.29) is 10.6 Å². The Labute approximate surface area is 248 Å². The molecule has 2 aromatic rings. The molecule has 2 fully saturated rings. The Bertz CT molecular complexity index is 1460. The maximum absolute atomic E-state index is 12.7. The van der Waals surface area contributed by atoms with Gasteiger partial charge in [0.15, 0.2) is 0 Å². The third kappa shape index (κ3) is 12.1. The van der Waals surface area contributed by atoms with Gasteiger partial charge in [0.2, 0.25) is 25.9 Å². The van der Waals surface area contributed by atoms with Crippen molar-refractivity contribution in [3.05, 3.63) is 62.4 Å². The van der Waals surface area contributed by atoms with Gasteiger partial charge < -0.3 is 20.5 Å². The number of rotatable bonds is 8. The monoisotopic (exact) mass is 650 g/mol. The number of nitro benzene ring substituents is 2. The summed E-state index contributed by atoms with van der Waals surface area (Å²) in [5, 5.41) is 34.0. The average Bonchev–Trinajstić information content (AvgIpc) is 2.96. The fraction of sp³-hybridized carbons (Fsp3) is 0.500. The van der Waals surface area contributed by atoms with Crippen LogP contribution in [0.25, 0.3) is 0 Å². The Kier molecular flexibility index (Phi) is 13.8. The van der Waals surface area contributed by atoms with E-state index in [9.17, 15) is 41.5 Å². The molecule has 0 unspecified atom stereocenters. The summed E-state index contributed by atoms with van der Waals surface area (Å²) >= 11 is 0. The Hall–Kier alpha value is -3.33. The molecular formula is C24H35FN6O10S2. The van der Waals surface area contributed by atoms with Crippen LogP contribution in [0, 0.1) is 37.9 Å². The lowest BCUT2D eigenvalue weighted by molar-refractivity contribution is -0.387. The van der Waals surface area contributed by atoms with Crippen molar-refractivity contribution >= 4 is 37.1 Å². The van der Waals surface area contributed by atoms with E-state index in [1.54, 1.807) is 0 Å². The fourth-order valence-electron chi connectivity index (χ4n) is 3.99. The summed E-state index contributed by atoms with van der Waals surface area (Å²) in [6.45, 7) is 4.64. The molecule has 0 saturated carbocycles. The van der Waals surface area contributed by atoms with Gasteiger partial charge in [-0.3, -0.25) is 20.2 Å². The highest BCUT2D eigenvalue weighted by atomic mass is 32.2. The van der Waals surface area contributed by atoms with Crippen molar-refractivity contribution in [3.8, 4) is 0 Å². The number of hydrogen-bond donors (Lipinski definition) is 4. The predicted octanol–water partition coefficient (Wildman–Crippen LogP) is 1.83. The van der Waals surface area contributed by atoms with Crippen molar-refractivity contribution < 1.29 is 40.5 Å². The molecule has 16 nitrogen and oxygen atoms in total. The van der Waals surface area contributed by atoms with Crippen molar-refractivity contribution in [1.29, 1.82) is 0 Å². The maximum Gasteiger partial charge on any atom is 0.306 e. The molecule has 43 heavy (non-hydrogen) atoms. The van der Waals surface area contributed by atoms with Gasteiger partial charge in [0.25, 0.3) is 5.69 Å². The van der Waals surface area contributed by atoms with E-state index < -0.39 is 46.3 Å². The van der Waals surface area contributed by atoms with E-state index in [2.05, 4.69) is 5.32 Å². The number of nitrogens with zero attached hydrogens (tertiary/aromatic N) is 2. The first-order valence-corrected chi connectivity index (χ1v) is 16.1. The topological polar surface area (TPSA) is 263 Å². The summed E-state index contributed by atoms with van der Waals surface area (Å²) in [4.78, 5) is 18.9. The number of anilines is 1. The second-order valence-electron chi connectivity index (χ2n) is 9.62. The average molecular weight is 651 g/mol. The molecule has 19 heteroatoms. The zero-order chi connectivity index (χ0) is 32.2. The number of nitro groups is 2. The normalized spacial score (nSPS) is 16.2. The highest BCUT2D eigenvalue weighted by molar-refractivity contribution is 7.89. The molecule has 0 atom stereocenters. The lowest BCUT2D eigenvalue weighted by Gasteiger charge is -2.22. The highest BCUT2D eigenvalue weighted by Gasteiger charge is 2.21. The number of nitrogens with one attached hydrogen (secondary N) is 1. The Balaban J connectivity index is 0.000000251. The van der Waals surface area contributed by atoms with E-state index in [4.69, 9.17) is 25.5 Å². The molecule has 0 spiro atoms. The first kappa shape index (κ1) is 35.9. The number of ether oxygens (including phenoxy) is 2. The Morgan fingerprint density at radius 3 is 1.65 bits per heavy atom. The second-order valence-corrected chi connectivity index (χ2v) is 12.7. The molecule has 2 heterocycles. The van der Waals surface area contributed by atoms with Crippen LogP contribution < -0.4 is 21.3 Å². The predicted molar refractivity (Wildman–Crippen MR) is 154 cm³/mol. The molecule has 2 aliphatic rings. The minimum absolute atomic E-state index is 0.272. The van der Waals surface area contributed by atoms with Crippen LogP contribution in [-0.2, 0) is 29.5 Å². The van der Waals surface area contributed by atoms with E-state index in [1.165, 1.54) is 12.1 Å². The molecular weight excluding hydrogens is 615 g/mol. The Morgan fingerprint density at radius 1 is 0.791 bits per heavy atom. The van der Waals surface area contributed by atoms with Crippen molar-refractivity contribution in [2.24, 2.45) is 27.8 Å². The minimum atomic E-state index is -4.05. The summed E-state index contributed by atoms with van der Waals surface area (Å²) in [6.07, 6.45) is 4.12. The summed E-state index contributed by atoms with van der Waals surface area (Å²) in [5.74, 6) is 0.0161. The molecule has 2 saturated heterocycles. The highest BCUT2D eigenvalue weighted by Crippen LogP contribution is 2.28. The van der Waals surface area contributed by atoms with Gasteiger partial charge in [-0.25, -0.2) is 27.1 Å². The first-order chi connectivity index (χ1) is 20.1. The third-order valence-corrected chi connectivity index (χ3v) is 8.36. The summed E-state index contributed by atoms with van der Waals surface area (Å²) < 4.78 is 67.1. The summed E-state index contributed by atoms with van der Waals surface area (Å²) in [7, 11) is -8.01. The fourth-order valence-corrected chi connectivity index (χ4v) is 5.05. The molecule has 0 aliphatic carbocycles. The number of nitrogens with two attached hydrogens (primary N) is 3. The molecule has 2 aromatic carbocycles. The van der Waals surface area contributed by atoms with Crippen molar-refractivity contribution in [2.45, 2.75) is 35.5 Å². The molecule has 0 amide bonds. The van der Waals surface area contributed by atoms with Crippen LogP contribution in [0.4, 0.5) is 21.5 Å². The van der Waals surface area contributed by atoms with Crippen LogP contribution in [0.5, 0.6) is 0 Å². The number of halogens is 1. The summed E-state index contributed by atoms with van der Waals surface area (Å²) in [6, 6.07) is 5.72. The molecule has 0 aromatic heterocycles. The van der Waals surface area contributed by atoms with E-state index in [0.29, 0.717) is 43.5 Å². The maximum atomic E-state index is 12.7. The molecule has 0 bridgehead atoms. The lowest BCUT2D eigenvalue weighted by Crippen LogP contribution is -2.23. The van der Waals surface area contributed by atoms with Crippen LogP contribution in [0.3, 0.4) is 0 Å². The van der Waals surface area contributed by atoms with Crippen LogP contribution in [0.15, 0.2) is 46.2 Å². The third-order valence-electron chi connectivity index (χ3n) is 6.53. The number of primary sulfonamides is 2. The number of sulfonamides is 2. The first-order valence-electron chi connectivity index (χ1n) is 13.0. The smallest absolute Gasteiger partial charge is 0.306 e. The summed E-state index contributed by atoms with van der Waals surface area (Å²) in [5.41, 5.74) is 4.52. The van der Waals surface area contributed by atoms with Gasteiger partial charge in [-0.2, -0.15) is 4.39 Å². The molecule has 7 N–H and O–H groups in total. The molecule has 0 radical (unpaired) electrons. The van der Waals surface area contributed by atoms with E-state index in [0.717, 1.165) is 63.5 Å². The van der Waals surface area contributed by atoms with Gasteiger partial charge >= 0.3 is 5.69 Å². The zero-order valence-corrected chi connectivity index (χ0v) is 24.7. The standard InChI is InChI=1S/C12H17N3O5S.C6H5FN2O4S.C6H13NO/c13-21(18,19)10-1-2-11(12(7-10)15(16)17)14-8-9-3-5-20-6-4-9;7-5-2-1-4(14(8,12)13)3-6(5)9(10)11;7-5-6-1-3-8-4-2-6/h1-2,7,9,14H,3-6,8H2,(H2,13,18,19);1-3H,(H2,8,12,13);6H,1-5,7H2. The van der Waals surface area contributed by atoms with Gasteiger partial charge in [0, 0.05) is 45.1 Å². The SMILES string of the molecule is NCC1CCOCC1.NS(=O)(=O)c1ccc(F)c([N+](=O)[O-])c1.NS(=O)(=O)c1ccc(NCC2CCOCC2)c([N+](=O)[O-])c1. The van der Waals surface area contributed by atoms with Crippen molar-refractivity contribution in [2.75, 3.05) is 44.8 Å². The minimum Gasteiger partial charge on any atom is -0.381 e. The molecule has 4 rings (SSSR count). The van der Waals surface area contributed by atoms with E-state index in [1.807, 2.05) is 0 Å². The lowest BCUT2D eigenvalue weighted by atomic mass is 10.0. The van der Waals surface area contributed by atoms with Gasteiger partial charge in [-0.05, 0) is 68.3 Å². The van der Waals surface area contributed by atoms with E-state index >= 15 is 0 Å². The van der Waals surface area contributed by atoms with Gasteiger partial charge in [0.05, 0.1) is 19.6 Å². The largest absolute Gasteiger partial charge is 0.381 e.